The Balaban J connectivity index is 1.95. The second-order valence-electron chi connectivity index (χ2n) is 6.71. The van der Waals surface area contributed by atoms with Gasteiger partial charge >= 0.3 is 12.0 Å². The number of urea groups is 1. The van der Waals surface area contributed by atoms with Crippen molar-refractivity contribution in [2.75, 3.05) is 19.6 Å². The van der Waals surface area contributed by atoms with Gasteiger partial charge in [0, 0.05) is 30.6 Å². The Kier molecular flexibility index (Phi) is 6.49. The van der Waals surface area contributed by atoms with Crippen LogP contribution in [0.1, 0.15) is 38.2 Å². The third-order valence-electron chi connectivity index (χ3n) is 4.63. The van der Waals surface area contributed by atoms with Gasteiger partial charge in [-0.1, -0.05) is 37.6 Å². The number of nitrogens with one attached hydrogen (secondary N) is 1. The molecule has 1 fully saturated rings. The molecule has 0 bridgehead atoms. The molecule has 5 nitrogen and oxygen atoms in total. The molecule has 24 heavy (non-hydrogen) atoms. The van der Waals surface area contributed by atoms with Gasteiger partial charge in [0.1, 0.15) is 0 Å². The quantitative estimate of drug-likeness (QED) is 0.850. The predicted molar refractivity (Wildman–Crippen MR) is 94.4 cm³/mol. The number of benzene rings is 1. The maximum atomic E-state index is 12.4. The first-order valence-corrected chi connectivity index (χ1v) is 8.77. The second kappa shape index (κ2) is 8.38. The summed E-state index contributed by atoms with van der Waals surface area (Å²) in [5.41, 5.74) is 1.14. The molecule has 1 aliphatic rings. The number of carboxylic acids is 1. The van der Waals surface area contributed by atoms with Crippen molar-refractivity contribution in [2.45, 2.75) is 32.6 Å². The number of amides is 2. The maximum Gasteiger partial charge on any atom is 0.317 e. The lowest BCUT2D eigenvalue weighted by Crippen LogP contribution is -2.48. The normalized spacial score (nSPS) is 19.2. The lowest BCUT2D eigenvalue weighted by Gasteiger charge is -2.31. The van der Waals surface area contributed by atoms with Gasteiger partial charge in [-0.05, 0) is 36.5 Å². The van der Waals surface area contributed by atoms with Gasteiger partial charge in [0.05, 0.1) is 5.92 Å². The number of carboxylic acid groups (broad SMARTS) is 1. The van der Waals surface area contributed by atoms with Gasteiger partial charge in [-0.2, -0.15) is 0 Å². The SMILES string of the molecule is CC(C)C(CNC(=O)N1CCCC(C(=O)O)C1)c1ccc(Cl)cc1. The third kappa shape index (κ3) is 4.87. The molecule has 2 N–H and O–H groups in total. The molecule has 0 saturated carbocycles. The Bertz CT molecular complexity index is 574. The molecule has 6 heteroatoms. The Morgan fingerprint density at radius 2 is 2.00 bits per heavy atom. The number of aliphatic carboxylic acids is 1. The summed E-state index contributed by atoms with van der Waals surface area (Å²) >= 11 is 5.94. The van der Waals surface area contributed by atoms with Crippen LogP contribution in [0.15, 0.2) is 24.3 Å². The highest BCUT2D eigenvalue weighted by atomic mass is 35.5. The highest BCUT2D eigenvalue weighted by Crippen LogP contribution is 2.25. The van der Waals surface area contributed by atoms with Gasteiger partial charge in [-0.15, -0.1) is 0 Å². The van der Waals surface area contributed by atoms with Gasteiger partial charge in [0.2, 0.25) is 0 Å². The molecule has 0 aliphatic carbocycles. The van der Waals surface area contributed by atoms with Crippen molar-refractivity contribution in [1.82, 2.24) is 10.2 Å². The van der Waals surface area contributed by atoms with E-state index in [1.54, 1.807) is 4.90 Å². The fourth-order valence-corrected chi connectivity index (χ4v) is 3.25. The first-order valence-electron chi connectivity index (χ1n) is 8.39. The third-order valence-corrected chi connectivity index (χ3v) is 4.89. The highest BCUT2D eigenvalue weighted by molar-refractivity contribution is 6.30. The standard InChI is InChI=1S/C18H25ClN2O3/c1-12(2)16(13-5-7-15(19)8-6-13)10-20-18(24)21-9-3-4-14(11-21)17(22)23/h5-8,12,14,16H,3-4,9-11H2,1-2H3,(H,20,24)(H,22,23). The van der Waals surface area contributed by atoms with Crippen molar-refractivity contribution in [3.8, 4) is 0 Å². The van der Waals surface area contributed by atoms with Crippen LogP contribution in [-0.4, -0.2) is 41.6 Å². The highest BCUT2D eigenvalue weighted by Gasteiger charge is 2.28. The number of piperidine rings is 1. The summed E-state index contributed by atoms with van der Waals surface area (Å²) < 4.78 is 0. The van der Waals surface area contributed by atoms with Crippen molar-refractivity contribution in [3.05, 3.63) is 34.9 Å². The lowest BCUT2D eigenvalue weighted by atomic mass is 9.88. The summed E-state index contributed by atoms with van der Waals surface area (Å²) in [5, 5.41) is 12.8. The fraction of sp³-hybridized carbons (Fsp3) is 0.556. The van der Waals surface area contributed by atoms with E-state index in [9.17, 15) is 9.59 Å². The molecule has 1 heterocycles. The Labute approximate surface area is 148 Å². The Morgan fingerprint density at radius 3 is 2.58 bits per heavy atom. The minimum absolute atomic E-state index is 0.180. The number of hydrogen-bond donors (Lipinski definition) is 2. The molecule has 2 rings (SSSR count). The zero-order chi connectivity index (χ0) is 17.7. The zero-order valence-corrected chi connectivity index (χ0v) is 14.9. The molecule has 2 amide bonds. The summed E-state index contributed by atoms with van der Waals surface area (Å²) in [7, 11) is 0. The van der Waals surface area contributed by atoms with E-state index < -0.39 is 11.9 Å². The molecule has 1 aromatic carbocycles. The van der Waals surface area contributed by atoms with Crippen LogP contribution in [0, 0.1) is 11.8 Å². The largest absolute Gasteiger partial charge is 0.481 e. The summed E-state index contributed by atoms with van der Waals surface area (Å²) in [6.07, 6.45) is 1.37. The van der Waals surface area contributed by atoms with E-state index in [1.807, 2.05) is 24.3 Å². The number of hydrogen-bond acceptors (Lipinski definition) is 2. The van der Waals surface area contributed by atoms with E-state index in [0.717, 1.165) is 12.0 Å². The maximum absolute atomic E-state index is 12.4. The van der Waals surface area contributed by atoms with Crippen LogP contribution in [0.2, 0.25) is 5.02 Å². The number of nitrogens with zero attached hydrogens (tertiary/aromatic N) is 1. The topological polar surface area (TPSA) is 69.6 Å². The second-order valence-corrected chi connectivity index (χ2v) is 7.15. The molecule has 0 aromatic heterocycles. The van der Waals surface area contributed by atoms with E-state index in [2.05, 4.69) is 19.2 Å². The first kappa shape index (κ1) is 18.6. The van der Waals surface area contributed by atoms with E-state index in [0.29, 0.717) is 30.5 Å². The van der Waals surface area contributed by atoms with Crippen molar-refractivity contribution in [3.63, 3.8) is 0 Å². The van der Waals surface area contributed by atoms with Crippen molar-refractivity contribution in [2.24, 2.45) is 11.8 Å². The number of carbonyl (C=O) groups excluding carboxylic acids is 1. The molecule has 2 unspecified atom stereocenters. The Morgan fingerprint density at radius 1 is 1.33 bits per heavy atom. The predicted octanol–water partition coefficient (Wildman–Crippen LogP) is 3.59. The van der Waals surface area contributed by atoms with Gasteiger partial charge in [0.25, 0.3) is 0 Å². The number of rotatable bonds is 5. The average molecular weight is 353 g/mol. The average Bonchev–Trinajstić information content (AvgIpc) is 2.56. The summed E-state index contributed by atoms with van der Waals surface area (Å²) in [5.74, 6) is -0.735. The minimum atomic E-state index is -0.825. The number of likely N-dealkylation sites (tertiary alicyclic amines) is 1. The van der Waals surface area contributed by atoms with Crippen LogP contribution >= 0.6 is 11.6 Å². The molecule has 1 aromatic rings. The monoisotopic (exact) mass is 352 g/mol. The van der Waals surface area contributed by atoms with Crippen LogP contribution in [0.5, 0.6) is 0 Å². The van der Waals surface area contributed by atoms with Gasteiger partial charge in [-0.25, -0.2) is 4.79 Å². The zero-order valence-electron chi connectivity index (χ0n) is 14.2. The molecule has 132 valence electrons. The molecular formula is C18H25ClN2O3. The van der Waals surface area contributed by atoms with Crippen LogP contribution in [0.3, 0.4) is 0 Å². The summed E-state index contributed by atoms with van der Waals surface area (Å²) in [6, 6.07) is 7.51. The fourth-order valence-electron chi connectivity index (χ4n) is 3.12. The van der Waals surface area contributed by atoms with Crippen LogP contribution in [0.4, 0.5) is 4.79 Å². The van der Waals surface area contributed by atoms with Crippen LogP contribution in [-0.2, 0) is 4.79 Å². The van der Waals surface area contributed by atoms with Gasteiger partial charge in [0.15, 0.2) is 0 Å². The molecule has 2 atom stereocenters. The van der Waals surface area contributed by atoms with Crippen LogP contribution < -0.4 is 5.32 Å². The van der Waals surface area contributed by atoms with E-state index in [4.69, 9.17) is 16.7 Å². The minimum Gasteiger partial charge on any atom is -0.481 e. The molecule has 0 spiro atoms. The number of halogens is 1. The summed E-state index contributed by atoms with van der Waals surface area (Å²) in [4.78, 5) is 25.1. The van der Waals surface area contributed by atoms with Crippen LogP contribution in [0.25, 0.3) is 0 Å². The lowest BCUT2D eigenvalue weighted by molar-refractivity contribution is -0.143. The Hall–Kier alpha value is -1.75. The van der Waals surface area contributed by atoms with Crippen molar-refractivity contribution < 1.29 is 14.7 Å². The van der Waals surface area contributed by atoms with Crippen molar-refractivity contribution in [1.29, 1.82) is 0 Å². The van der Waals surface area contributed by atoms with Gasteiger partial charge in [-0.3, -0.25) is 4.79 Å². The van der Waals surface area contributed by atoms with E-state index in [-0.39, 0.29) is 18.5 Å². The van der Waals surface area contributed by atoms with E-state index >= 15 is 0 Å². The van der Waals surface area contributed by atoms with Crippen molar-refractivity contribution >= 4 is 23.6 Å². The number of carbonyl (C=O) groups is 2. The van der Waals surface area contributed by atoms with E-state index in [1.165, 1.54) is 0 Å². The first-order chi connectivity index (χ1) is 11.4. The molecule has 0 radical (unpaired) electrons. The smallest absolute Gasteiger partial charge is 0.317 e. The molecular weight excluding hydrogens is 328 g/mol. The molecule has 1 saturated heterocycles. The molecule has 1 aliphatic heterocycles. The summed E-state index contributed by atoms with van der Waals surface area (Å²) in [6.45, 7) is 5.66. The van der Waals surface area contributed by atoms with Gasteiger partial charge < -0.3 is 15.3 Å².